The molecule has 0 radical (unpaired) electrons. The lowest BCUT2D eigenvalue weighted by Crippen LogP contribution is -2.54. The maximum absolute atomic E-state index is 13.9. The zero-order valence-electron chi connectivity index (χ0n) is 22.3. The Bertz CT molecular complexity index is 1000. The lowest BCUT2D eigenvalue weighted by Gasteiger charge is -2.34. The summed E-state index contributed by atoms with van der Waals surface area (Å²) in [6, 6.07) is 3.22. The smallest absolute Gasteiger partial charge is 0.408 e. The van der Waals surface area contributed by atoms with E-state index in [2.05, 4.69) is 10.6 Å². The number of nitrogens with zero attached hydrogens (tertiary/aromatic N) is 1. The number of ether oxygens (including phenoxy) is 2. The number of amides is 4. The fourth-order valence-corrected chi connectivity index (χ4v) is 3.76. The molecule has 0 heterocycles. The predicted octanol–water partition coefficient (Wildman–Crippen LogP) is 1.65. The van der Waals surface area contributed by atoms with Crippen LogP contribution in [0.1, 0.15) is 71.4 Å². The van der Waals surface area contributed by atoms with Gasteiger partial charge in [-0.05, 0) is 64.7 Å². The van der Waals surface area contributed by atoms with E-state index >= 15 is 0 Å². The van der Waals surface area contributed by atoms with Crippen LogP contribution < -0.4 is 16.4 Å². The van der Waals surface area contributed by atoms with Crippen molar-refractivity contribution in [3.05, 3.63) is 29.8 Å². The van der Waals surface area contributed by atoms with Gasteiger partial charge in [-0.1, -0.05) is 12.1 Å². The highest BCUT2D eigenvalue weighted by atomic mass is 16.6. The highest BCUT2D eigenvalue weighted by Crippen LogP contribution is 2.36. The molecule has 1 aromatic carbocycles. The van der Waals surface area contributed by atoms with Crippen molar-refractivity contribution >= 4 is 29.8 Å². The van der Waals surface area contributed by atoms with Gasteiger partial charge in [0.15, 0.2) is 0 Å². The van der Waals surface area contributed by atoms with Gasteiger partial charge in [-0.2, -0.15) is 0 Å². The van der Waals surface area contributed by atoms with Crippen molar-refractivity contribution in [2.45, 2.75) is 83.5 Å². The zero-order chi connectivity index (χ0) is 28.5. The van der Waals surface area contributed by atoms with Gasteiger partial charge in [-0.3, -0.25) is 19.2 Å². The average molecular weight is 535 g/mol. The van der Waals surface area contributed by atoms with Crippen LogP contribution in [-0.4, -0.2) is 70.6 Å². The first-order valence-electron chi connectivity index (χ1n) is 12.6. The van der Waals surface area contributed by atoms with Crippen LogP contribution in [0.15, 0.2) is 24.3 Å². The lowest BCUT2D eigenvalue weighted by atomic mass is 10.0. The van der Waals surface area contributed by atoms with Crippen molar-refractivity contribution < 1.29 is 38.6 Å². The van der Waals surface area contributed by atoms with E-state index < -0.39 is 47.5 Å². The quantitative estimate of drug-likeness (QED) is 0.276. The molecule has 0 bridgehead atoms. The molecule has 1 saturated carbocycles. The summed E-state index contributed by atoms with van der Waals surface area (Å²) < 4.78 is 10.2. The van der Waals surface area contributed by atoms with E-state index in [9.17, 15) is 29.1 Å². The Balaban J connectivity index is 2.37. The van der Waals surface area contributed by atoms with Crippen molar-refractivity contribution in [3.63, 3.8) is 0 Å². The van der Waals surface area contributed by atoms with Gasteiger partial charge in [0, 0.05) is 19.0 Å². The third-order valence-electron chi connectivity index (χ3n) is 5.53. The molecule has 1 fully saturated rings. The third kappa shape index (κ3) is 9.91. The van der Waals surface area contributed by atoms with Gasteiger partial charge in [0.25, 0.3) is 0 Å². The van der Waals surface area contributed by atoms with Crippen LogP contribution in [0, 0.1) is 0 Å². The topological polar surface area (TPSA) is 177 Å². The van der Waals surface area contributed by atoms with Crippen LogP contribution in [0.2, 0.25) is 0 Å². The van der Waals surface area contributed by atoms with Gasteiger partial charge in [0.05, 0.1) is 13.0 Å². The second-order valence-electron chi connectivity index (χ2n) is 10.0. The molecule has 0 saturated heterocycles. The van der Waals surface area contributed by atoms with E-state index in [0.29, 0.717) is 18.4 Å². The monoisotopic (exact) mass is 534 g/mol. The molecular weight excluding hydrogens is 496 g/mol. The van der Waals surface area contributed by atoms with Crippen LogP contribution in [0.25, 0.3) is 0 Å². The van der Waals surface area contributed by atoms with E-state index in [-0.39, 0.29) is 44.2 Å². The Morgan fingerprint density at radius 1 is 1.11 bits per heavy atom. The van der Waals surface area contributed by atoms with Crippen LogP contribution >= 0.6 is 0 Å². The Labute approximate surface area is 222 Å². The number of nitrogens with one attached hydrogen (secondary N) is 2. The van der Waals surface area contributed by atoms with Gasteiger partial charge < -0.3 is 35.8 Å². The van der Waals surface area contributed by atoms with Crippen LogP contribution in [-0.2, 0) is 28.7 Å². The van der Waals surface area contributed by atoms with Gasteiger partial charge in [-0.15, -0.1) is 0 Å². The van der Waals surface area contributed by atoms with Gasteiger partial charge >= 0.3 is 12.1 Å². The summed E-state index contributed by atoms with van der Waals surface area (Å²) in [5.41, 5.74) is 4.89. The van der Waals surface area contributed by atoms with E-state index in [4.69, 9.17) is 15.2 Å². The number of aromatic hydroxyl groups is 1. The molecule has 0 aromatic heterocycles. The summed E-state index contributed by atoms with van der Waals surface area (Å²) >= 11 is 0. The number of phenolic OH excluding ortho intramolecular Hbond substituents is 1. The Hall–Kier alpha value is -3.83. The maximum Gasteiger partial charge on any atom is 0.408 e. The van der Waals surface area contributed by atoms with Crippen molar-refractivity contribution in [2.24, 2.45) is 5.73 Å². The van der Waals surface area contributed by atoms with Crippen molar-refractivity contribution in [1.29, 1.82) is 0 Å². The fraction of sp³-hybridized carbons (Fsp3) is 0.577. The predicted molar refractivity (Wildman–Crippen MR) is 137 cm³/mol. The molecule has 1 aliphatic carbocycles. The highest BCUT2D eigenvalue weighted by molar-refractivity contribution is 5.93. The van der Waals surface area contributed by atoms with Crippen LogP contribution in [0.5, 0.6) is 5.75 Å². The SMILES string of the molecule is CCOC(=O)CCNC(=O)C(c1ccc(O)cc1)N(C(=O)C(CCC(N)=O)NC(=O)OC(C)(C)C)C1CC1. The second-order valence-corrected chi connectivity index (χ2v) is 10.0. The molecule has 0 aliphatic heterocycles. The number of alkyl carbamates (subject to hydrolysis) is 1. The average Bonchev–Trinajstić information content (AvgIpc) is 3.64. The third-order valence-corrected chi connectivity index (χ3v) is 5.53. The summed E-state index contributed by atoms with van der Waals surface area (Å²) in [6.07, 6.45) is 0.0810. The summed E-state index contributed by atoms with van der Waals surface area (Å²) in [6.45, 7) is 6.89. The standard InChI is InChI=1S/C26H38N4O8/c1-5-37-21(33)14-15-28-23(34)22(16-6-10-18(31)11-7-16)30(17-8-9-17)24(35)19(12-13-20(27)32)29-25(36)38-26(2,3)4/h6-7,10-11,17,19,22,31H,5,8-9,12-15H2,1-4H3,(H2,27,32)(H,28,34)(H,29,36). The summed E-state index contributed by atoms with van der Waals surface area (Å²) in [7, 11) is 0. The van der Waals surface area contributed by atoms with Gasteiger partial charge in [0.1, 0.15) is 23.4 Å². The van der Waals surface area contributed by atoms with E-state index in [1.807, 2.05) is 0 Å². The minimum atomic E-state index is -1.19. The minimum Gasteiger partial charge on any atom is -0.508 e. The molecule has 2 unspecified atom stereocenters. The molecule has 0 spiro atoms. The van der Waals surface area contributed by atoms with E-state index in [1.54, 1.807) is 27.7 Å². The number of hydrogen-bond acceptors (Lipinski definition) is 8. The van der Waals surface area contributed by atoms with Crippen molar-refractivity contribution in [2.75, 3.05) is 13.2 Å². The molecule has 1 aliphatic rings. The van der Waals surface area contributed by atoms with Crippen molar-refractivity contribution in [1.82, 2.24) is 15.5 Å². The number of primary amides is 1. The van der Waals surface area contributed by atoms with Gasteiger partial charge in [-0.25, -0.2) is 4.79 Å². The molecule has 2 atom stereocenters. The number of esters is 1. The summed E-state index contributed by atoms with van der Waals surface area (Å²) in [5, 5.41) is 15.0. The fourth-order valence-electron chi connectivity index (χ4n) is 3.76. The first kappa shape index (κ1) is 30.4. The number of phenols is 1. The normalized spacial score (nSPS) is 14.5. The summed E-state index contributed by atoms with van der Waals surface area (Å²) in [5.74, 6) is -2.29. The first-order valence-corrected chi connectivity index (χ1v) is 12.6. The lowest BCUT2D eigenvalue weighted by molar-refractivity contribution is -0.145. The van der Waals surface area contributed by atoms with Crippen LogP contribution in [0.3, 0.4) is 0 Å². The largest absolute Gasteiger partial charge is 0.508 e. The van der Waals surface area contributed by atoms with E-state index in [1.165, 1.54) is 29.2 Å². The number of hydrogen-bond donors (Lipinski definition) is 4. The second kappa shape index (κ2) is 13.6. The number of nitrogens with two attached hydrogens (primary N) is 1. The minimum absolute atomic E-state index is 0.0137. The van der Waals surface area contributed by atoms with E-state index in [0.717, 1.165) is 0 Å². The molecule has 1 aromatic rings. The Morgan fingerprint density at radius 3 is 2.26 bits per heavy atom. The molecule has 210 valence electrons. The molecular formula is C26H38N4O8. The molecule has 38 heavy (non-hydrogen) atoms. The van der Waals surface area contributed by atoms with Crippen molar-refractivity contribution in [3.8, 4) is 5.75 Å². The molecule has 12 nitrogen and oxygen atoms in total. The van der Waals surface area contributed by atoms with Crippen LogP contribution in [0.4, 0.5) is 4.79 Å². The summed E-state index contributed by atoms with van der Waals surface area (Å²) in [4.78, 5) is 64.5. The molecule has 2 rings (SSSR count). The maximum atomic E-state index is 13.9. The highest BCUT2D eigenvalue weighted by Gasteiger charge is 2.44. The Morgan fingerprint density at radius 2 is 1.74 bits per heavy atom. The number of carbonyl (C=O) groups is 5. The number of rotatable bonds is 13. The number of benzene rings is 1. The first-order chi connectivity index (χ1) is 17.8. The zero-order valence-corrected chi connectivity index (χ0v) is 22.3. The Kier molecular flexibility index (Phi) is 10.9. The molecule has 5 N–H and O–H groups in total. The molecule has 4 amide bonds. The van der Waals surface area contributed by atoms with Gasteiger partial charge in [0.2, 0.25) is 17.7 Å². The molecule has 12 heteroatoms. The number of carbonyl (C=O) groups excluding carboxylic acids is 5.